The maximum absolute atomic E-state index is 11.9. The second-order valence-electron chi connectivity index (χ2n) is 5.02. The SMILES string of the molecule is Cc1cccc(C(CC(C(=O)O)P(=O)(O)O)(C(=O)O)P(=O)(O)O)n1. The molecule has 134 valence electrons. The van der Waals surface area contributed by atoms with Gasteiger partial charge in [-0.05, 0) is 19.1 Å². The average molecular weight is 383 g/mol. The summed E-state index contributed by atoms with van der Waals surface area (Å²) in [6, 6.07) is 3.57. The van der Waals surface area contributed by atoms with Gasteiger partial charge in [0.05, 0.1) is 5.69 Å². The molecular weight excluding hydrogens is 368 g/mol. The van der Waals surface area contributed by atoms with Crippen molar-refractivity contribution in [3.05, 3.63) is 29.6 Å². The van der Waals surface area contributed by atoms with Crippen LogP contribution in [0, 0.1) is 6.92 Å². The minimum Gasteiger partial charge on any atom is -0.481 e. The van der Waals surface area contributed by atoms with Gasteiger partial charge in [0.1, 0.15) is 0 Å². The van der Waals surface area contributed by atoms with Gasteiger partial charge in [0.25, 0.3) is 0 Å². The largest absolute Gasteiger partial charge is 0.481 e. The predicted molar refractivity (Wildman–Crippen MR) is 78.4 cm³/mol. The lowest BCUT2D eigenvalue weighted by Crippen LogP contribution is -2.42. The fourth-order valence-corrected chi connectivity index (χ4v) is 4.13. The lowest BCUT2D eigenvalue weighted by molar-refractivity contribution is -0.142. The van der Waals surface area contributed by atoms with Crippen molar-refractivity contribution in [1.82, 2.24) is 4.98 Å². The number of hydrogen-bond acceptors (Lipinski definition) is 5. The summed E-state index contributed by atoms with van der Waals surface area (Å²) in [6.45, 7) is 1.40. The molecule has 1 heterocycles. The summed E-state index contributed by atoms with van der Waals surface area (Å²) in [5, 5.41) is 15.2. The summed E-state index contributed by atoms with van der Waals surface area (Å²) >= 11 is 0. The zero-order valence-electron chi connectivity index (χ0n) is 12.2. The second kappa shape index (κ2) is 6.72. The van der Waals surface area contributed by atoms with E-state index in [4.69, 9.17) is 14.9 Å². The van der Waals surface area contributed by atoms with Gasteiger partial charge in [0, 0.05) is 12.1 Å². The van der Waals surface area contributed by atoms with Crippen LogP contribution in [0.1, 0.15) is 17.8 Å². The fraction of sp³-hybridized carbons (Fsp3) is 0.364. The molecule has 0 radical (unpaired) electrons. The number of carboxylic acids is 2. The van der Waals surface area contributed by atoms with Crippen LogP contribution in [0.25, 0.3) is 0 Å². The number of aliphatic carboxylic acids is 2. The van der Waals surface area contributed by atoms with E-state index in [1.807, 2.05) is 0 Å². The number of nitrogens with zero attached hydrogens (tertiary/aromatic N) is 1. The molecule has 0 spiro atoms. The highest BCUT2D eigenvalue weighted by Gasteiger charge is 2.60. The summed E-state index contributed by atoms with van der Waals surface area (Å²) in [6.07, 6.45) is -1.54. The third-order valence-corrected chi connectivity index (χ3v) is 6.16. The number of carboxylic acid groups (broad SMARTS) is 2. The zero-order chi connectivity index (χ0) is 18.9. The maximum atomic E-state index is 11.9. The standard InChI is InChI=1S/C11H15NO10P2/c1-6-3-2-4-8(12-6)11(10(15)16,24(20,21)22)5-7(9(13)14)23(17,18)19/h2-4,7H,5H2,1H3,(H,13,14)(H,15,16)(H2,17,18,19)(H2,20,21,22). The Kier molecular flexibility index (Phi) is 5.72. The van der Waals surface area contributed by atoms with Gasteiger partial charge >= 0.3 is 27.1 Å². The number of carbonyl (C=O) groups is 2. The van der Waals surface area contributed by atoms with Gasteiger partial charge in [0.15, 0.2) is 5.66 Å². The van der Waals surface area contributed by atoms with Crippen LogP contribution in [0.15, 0.2) is 18.2 Å². The quantitative estimate of drug-likeness (QED) is 0.342. The average Bonchev–Trinajstić information content (AvgIpc) is 2.35. The van der Waals surface area contributed by atoms with E-state index in [2.05, 4.69) is 4.98 Å². The van der Waals surface area contributed by atoms with E-state index in [1.165, 1.54) is 19.1 Å². The van der Waals surface area contributed by atoms with Crippen molar-refractivity contribution in [3.63, 3.8) is 0 Å². The summed E-state index contributed by atoms with van der Waals surface area (Å²) in [4.78, 5) is 63.9. The number of aromatic nitrogens is 1. The van der Waals surface area contributed by atoms with Crippen LogP contribution in [0.4, 0.5) is 0 Å². The molecule has 0 fully saturated rings. The third kappa shape index (κ3) is 3.89. The lowest BCUT2D eigenvalue weighted by atomic mass is 9.97. The van der Waals surface area contributed by atoms with Gasteiger partial charge in [-0.1, -0.05) is 6.07 Å². The van der Waals surface area contributed by atoms with Crippen LogP contribution in [0.5, 0.6) is 0 Å². The molecule has 24 heavy (non-hydrogen) atoms. The first-order valence-corrected chi connectivity index (χ1v) is 9.54. The highest BCUT2D eigenvalue weighted by molar-refractivity contribution is 7.55. The number of pyridine rings is 1. The first kappa shape index (κ1) is 20.4. The van der Waals surface area contributed by atoms with Gasteiger partial charge in [-0.3, -0.25) is 23.7 Å². The smallest absolute Gasteiger partial charge is 0.348 e. The molecule has 13 heteroatoms. The van der Waals surface area contributed by atoms with Crippen LogP contribution in [-0.4, -0.2) is 52.4 Å². The summed E-state index contributed by atoms with van der Waals surface area (Å²) < 4.78 is 23.3. The van der Waals surface area contributed by atoms with Crippen molar-refractivity contribution >= 4 is 27.1 Å². The highest BCUT2D eigenvalue weighted by atomic mass is 31.2. The Labute approximate surface area is 135 Å². The van der Waals surface area contributed by atoms with Gasteiger partial charge in [-0.2, -0.15) is 0 Å². The van der Waals surface area contributed by atoms with E-state index >= 15 is 0 Å². The topological polar surface area (TPSA) is 203 Å². The van der Waals surface area contributed by atoms with E-state index in [-0.39, 0.29) is 5.69 Å². The molecule has 0 amide bonds. The minimum atomic E-state index is -5.64. The van der Waals surface area contributed by atoms with Gasteiger partial charge in [-0.15, -0.1) is 0 Å². The van der Waals surface area contributed by atoms with Crippen LogP contribution >= 0.6 is 15.2 Å². The molecule has 0 aromatic carbocycles. The molecule has 0 aliphatic carbocycles. The Morgan fingerprint density at radius 3 is 2.04 bits per heavy atom. The molecule has 0 saturated carbocycles. The molecule has 0 bridgehead atoms. The van der Waals surface area contributed by atoms with Crippen LogP contribution in [-0.2, 0) is 23.9 Å². The Morgan fingerprint density at radius 1 is 1.17 bits per heavy atom. The Balaban J connectivity index is 3.73. The molecule has 1 aromatic rings. The Hall–Kier alpha value is -1.61. The van der Waals surface area contributed by atoms with E-state index in [0.717, 1.165) is 6.07 Å². The molecule has 0 aliphatic heterocycles. The van der Waals surface area contributed by atoms with E-state index in [9.17, 15) is 33.6 Å². The molecule has 2 unspecified atom stereocenters. The normalized spacial score (nSPS) is 16.2. The van der Waals surface area contributed by atoms with Gasteiger partial charge < -0.3 is 29.8 Å². The molecule has 0 aliphatic rings. The monoisotopic (exact) mass is 383 g/mol. The van der Waals surface area contributed by atoms with E-state index < -0.39 is 50.1 Å². The molecule has 1 rings (SSSR count). The van der Waals surface area contributed by atoms with Crippen molar-refractivity contribution in [2.24, 2.45) is 0 Å². The van der Waals surface area contributed by atoms with Crippen molar-refractivity contribution in [3.8, 4) is 0 Å². The minimum absolute atomic E-state index is 0.176. The zero-order valence-corrected chi connectivity index (χ0v) is 14.0. The molecular formula is C11H15NO10P2. The van der Waals surface area contributed by atoms with E-state index in [0.29, 0.717) is 0 Å². The summed E-state index contributed by atoms with van der Waals surface area (Å²) in [5.74, 6) is -4.23. The van der Waals surface area contributed by atoms with Gasteiger partial charge in [0.2, 0.25) is 5.16 Å². The molecule has 11 nitrogen and oxygen atoms in total. The maximum Gasteiger partial charge on any atom is 0.348 e. The third-order valence-electron chi connectivity index (χ3n) is 3.34. The number of hydrogen-bond donors (Lipinski definition) is 6. The molecule has 0 saturated heterocycles. The van der Waals surface area contributed by atoms with E-state index in [1.54, 1.807) is 0 Å². The predicted octanol–water partition coefficient (Wildman–Crippen LogP) is -0.131. The van der Waals surface area contributed by atoms with Gasteiger partial charge in [-0.25, -0.2) is 0 Å². The highest BCUT2D eigenvalue weighted by Crippen LogP contribution is 2.62. The first-order valence-electron chi connectivity index (χ1n) is 6.24. The summed E-state index contributed by atoms with van der Waals surface area (Å²) in [5.41, 5.74) is -3.15. The molecule has 2 atom stereocenters. The fourth-order valence-electron chi connectivity index (χ4n) is 2.10. The Bertz CT molecular complexity index is 753. The number of aryl methyl sites for hydroxylation is 1. The van der Waals surface area contributed by atoms with Crippen LogP contribution in [0.2, 0.25) is 0 Å². The molecule has 1 aromatic heterocycles. The van der Waals surface area contributed by atoms with Crippen LogP contribution < -0.4 is 0 Å². The summed E-state index contributed by atoms with van der Waals surface area (Å²) in [7, 11) is -11.0. The second-order valence-corrected chi connectivity index (χ2v) is 8.67. The van der Waals surface area contributed by atoms with Crippen molar-refractivity contribution in [1.29, 1.82) is 0 Å². The van der Waals surface area contributed by atoms with Crippen molar-refractivity contribution < 1.29 is 48.5 Å². The van der Waals surface area contributed by atoms with Crippen molar-refractivity contribution in [2.75, 3.05) is 0 Å². The Morgan fingerprint density at radius 2 is 1.71 bits per heavy atom. The molecule has 6 N–H and O–H groups in total. The van der Waals surface area contributed by atoms with Crippen LogP contribution in [0.3, 0.4) is 0 Å². The lowest BCUT2D eigenvalue weighted by Gasteiger charge is -2.32. The van der Waals surface area contributed by atoms with Crippen molar-refractivity contribution in [2.45, 2.75) is 24.2 Å². The number of rotatable bonds is 7. The first-order chi connectivity index (χ1) is 10.7.